The van der Waals surface area contributed by atoms with Crippen LogP contribution in [0.4, 0.5) is 0 Å². The number of hydrogen-bond donors (Lipinski definition) is 2. The van der Waals surface area contributed by atoms with Gasteiger partial charge in [0.05, 0.1) is 33.9 Å². The molecule has 1 atom stereocenters. The largest absolute Gasteiger partial charge is 0.493 e. The monoisotopic (exact) mass is 348 g/mol. The number of carbonyl (C=O) groups is 1. The van der Waals surface area contributed by atoms with Crippen LogP contribution in [0.2, 0.25) is 0 Å². The van der Waals surface area contributed by atoms with Crippen molar-refractivity contribution in [3.8, 4) is 17.2 Å². The number of nitrogens with two attached hydrogens (primary N) is 1. The fourth-order valence-electron chi connectivity index (χ4n) is 1.98. The SMILES string of the molecule is COc1cc(CNC(=O)CC(CN)OC)cc(OC)c1OC.Cl. The van der Waals surface area contributed by atoms with E-state index < -0.39 is 0 Å². The molecule has 0 heterocycles. The van der Waals surface area contributed by atoms with Gasteiger partial charge in [0.15, 0.2) is 11.5 Å². The van der Waals surface area contributed by atoms with Crippen LogP contribution in [-0.4, -0.2) is 47.0 Å². The Morgan fingerprint density at radius 2 is 1.70 bits per heavy atom. The Morgan fingerprint density at radius 3 is 2.09 bits per heavy atom. The van der Waals surface area contributed by atoms with Gasteiger partial charge in [0.25, 0.3) is 0 Å². The summed E-state index contributed by atoms with van der Waals surface area (Å²) in [4.78, 5) is 11.8. The Morgan fingerprint density at radius 1 is 1.13 bits per heavy atom. The van der Waals surface area contributed by atoms with Crippen LogP contribution in [0.3, 0.4) is 0 Å². The van der Waals surface area contributed by atoms with Crippen molar-refractivity contribution in [2.24, 2.45) is 5.73 Å². The molecule has 1 aromatic rings. The molecule has 0 saturated heterocycles. The number of halogens is 1. The molecule has 0 saturated carbocycles. The van der Waals surface area contributed by atoms with Crippen molar-refractivity contribution in [2.45, 2.75) is 19.1 Å². The maximum atomic E-state index is 11.8. The minimum absolute atomic E-state index is 0. The van der Waals surface area contributed by atoms with Crippen LogP contribution in [-0.2, 0) is 16.1 Å². The molecule has 0 aliphatic carbocycles. The molecule has 1 amide bonds. The summed E-state index contributed by atoms with van der Waals surface area (Å²) in [5.74, 6) is 1.47. The lowest BCUT2D eigenvalue weighted by Crippen LogP contribution is -2.31. The van der Waals surface area contributed by atoms with Gasteiger partial charge >= 0.3 is 0 Å². The van der Waals surface area contributed by atoms with Gasteiger partial charge in [-0.05, 0) is 17.7 Å². The Kier molecular flexibility index (Phi) is 10.1. The molecule has 0 aromatic heterocycles. The van der Waals surface area contributed by atoms with E-state index in [1.54, 1.807) is 33.5 Å². The predicted molar refractivity (Wildman–Crippen MR) is 89.7 cm³/mol. The van der Waals surface area contributed by atoms with E-state index in [0.717, 1.165) is 5.56 Å². The maximum absolute atomic E-state index is 11.8. The van der Waals surface area contributed by atoms with Crippen molar-refractivity contribution >= 4 is 18.3 Å². The molecule has 0 bridgehead atoms. The Balaban J connectivity index is 0.00000484. The number of amides is 1. The minimum Gasteiger partial charge on any atom is -0.493 e. The Hall–Kier alpha value is -1.70. The van der Waals surface area contributed by atoms with E-state index in [1.807, 2.05) is 0 Å². The zero-order valence-electron chi connectivity index (χ0n) is 13.9. The molecule has 1 rings (SSSR count). The highest BCUT2D eigenvalue weighted by Gasteiger charge is 2.15. The average Bonchev–Trinajstić information content (AvgIpc) is 2.56. The summed E-state index contributed by atoms with van der Waals surface area (Å²) in [7, 11) is 6.16. The Bertz CT molecular complexity index is 470. The maximum Gasteiger partial charge on any atom is 0.222 e. The van der Waals surface area contributed by atoms with E-state index in [9.17, 15) is 4.79 Å². The highest BCUT2D eigenvalue weighted by atomic mass is 35.5. The normalized spacial score (nSPS) is 11.2. The van der Waals surface area contributed by atoms with Gasteiger partial charge in [-0.3, -0.25) is 4.79 Å². The number of methoxy groups -OCH3 is 4. The van der Waals surface area contributed by atoms with Crippen molar-refractivity contribution in [1.82, 2.24) is 5.32 Å². The summed E-state index contributed by atoms with van der Waals surface area (Å²) in [6.45, 7) is 0.644. The van der Waals surface area contributed by atoms with E-state index in [1.165, 1.54) is 7.11 Å². The van der Waals surface area contributed by atoms with E-state index in [2.05, 4.69) is 5.32 Å². The summed E-state index contributed by atoms with van der Waals surface area (Å²) >= 11 is 0. The van der Waals surface area contributed by atoms with E-state index in [4.69, 9.17) is 24.7 Å². The second-order valence-electron chi connectivity index (χ2n) is 4.61. The van der Waals surface area contributed by atoms with Gasteiger partial charge in [-0.15, -0.1) is 12.4 Å². The smallest absolute Gasteiger partial charge is 0.222 e. The van der Waals surface area contributed by atoms with Crippen LogP contribution in [0.25, 0.3) is 0 Å². The predicted octanol–water partition coefficient (Wildman–Crippen LogP) is 1.11. The van der Waals surface area contributed by atoms with Crippen LogP contribution in [0.5, 0.6) is 17.2 Å². The molecule has 7 nitrogen and oxygen atoms in total. The third-order valence-electron chi connectivity index (χ3n) is 3.22. The van der Waals surface area contributed by atoms with Crippen molar-refractivity contribution in [1.29, 1.82) is 0 Å². The number of hydrogen-bond acceptors (Lipinski definition) is 6. The summed E-state index contributed by atoms with van der Waals surface area (Å²) in [6, 6.07) is 3.58. The minimum atomic E-state index is -0.278. The molecule has 8 heteroatoms. The summed E-state index contributed by atoms with van der Waals surface area (Å²) in [5.41, 5.74) is 6.33. The molecule has 132 valence electrons. The molecule has 1 aromatic carbocycles. The molecule has 0 fully saturated rings. The van der Waals surface area contributed by atoms with Crippen LogP contribution in [0.1, 0.15) is 12.0 Å². The van der Waals surface area contributed by atoms with E-state index in [-0.39, 0.29) is 30.8 Å². The van der Waals surface area contributed by atoms with Crippen LogP contribution < -0.4 is 25.3 Å². The topological polar surface area (TPSA) is 92.0 Å². The lowest BCUT2D eigenvalue weighted by Gasteiger charge is -2.15. The van der Waals surface area contributed by atoms with Crippen molar-refractivity contribution in [2.75, 3.05) is 35.0 Å². The van der Waals surface area contributed by atoms with Crippen molar-refractivity contribution in [3.05, 3.63) is 17.7 Å². The first-order chi connectivity index (χ1) is 10.6. The molecule has 3 N–H and O–H groups in total. The molecule has 1 unspecified atom stereocenters. The lowest BCUT2D eigenvalue weighted by molar-refractivity contribution is -0.123. The van der Waals surface area contributed by atoms with Gasteiger partial charge in [-0.2, -0.15) is 0 Å². The average molecular weight is 349 g/mol. The molecule has 0 spiro atoms. The van der Waals surface area contributed by atoms with Gasteiger partial charge in [0, 0.05) is 20.2 Å². The first-order valence-electron chi connectivity index (χ1n) is 6.88. The molecule has 0 aliphatic heterocycles. The van der Waals surface area contributed by atoms with Crippen LogP contribution in [0, 0.1) is 0 Å². The quantitative estimate of drug-likeness (QED) is 0.694. The van der Waals surface area contributed by atoms with Gasteiger partial charge in [-0.1, -0.05) is 0 Å². The standard InChI is InChI=1S/C15H24N2O5.ClH/c1-19-11(8-16)7-14(18)17-9-10-5-12(20-2)15(22-4)13(6-10)21-3;/h5-6,11H,7-9,16H2,1-4H3,(H,17,18);1H. The number of carbonyl (C=O) groups excluding carboxylic acids is 1. The first-order valence-corrected chi connectivity index (χ1v) is 6.88. The number of rotatable bonds is 9. The number of benzene rings is 1. The van der Waals surface area contributed by atoms with Crippen molar-refractivity contribution < 1.29 is 23.7 Å². The third-order valence-corrected chi connectivity index (χ3v) is 3.22. The van der Waals surface area contributed by atoms with E-state index in [0.29, 0.717) is 30.3 Å². The zero-order chi connectivity index (χ0) is 16.5. The second-order valence-corrected chi connectivity index (χ2v) is 4.61. The van der Waals surface area contributed by atoms with Crippen molar-refractivity contribution in [3.63, 3.8) is 0 Å². The van der Waals surface area contributed by atoms with Crippen LogP contribution in [0.15, 0.2) is 12.1 Å². The van der Waals surface area contributed by atoms with Gasteiger partial charge < -0.3 is 30.0 Å². The van der Waals surface area contributed by atoms with E-state index >= 15 is 0 Å². The number of ether oxygens (including phenoxy) is 4. The highest BCUT2D eigenvalue weighted by molar-refractivity contribution is 5.85. The van der Waals surface area contributed by atoms with Gasteiger partial charge in [0.2, 0.25) is 11.7 Å². The lowest BCUT2D eigenvalue weighted by atomic mass is 10.1. The summed E-state index contributed by atoms with van der Waals surface area (Å²) in [5, 5.41) is 2.81. The molecule has 0 radical (unpaired) electrons. The van der Waals surface area contributed by atoms with Crippen LogP contribution >= 0.6 is 12.4 Å². The fraction of sp³-hybridized carbons (Fsp3) is 0.533. The summed E-state index contributed by atoms with van der Waals surface area (Å²) < 4.78 is 20.9. The Labute approximate surface area is 142 Å². The highest BCUT2D eigenvalue weighted by Crippen LogP contribution is 2.38. The molecular weight excluding hydrogens is 324 g/mol. The zero-order valence-corrected chi connectivity index (χ0v) is 14.7. The first kappa shape index (κ1) is 21.3. The number of nitrogens with one attached hydrogen (secondary N) is 1. The van der Waals surface area contributed by atoms with Gasteiger partial charge in [0.1, 0.15) is 0 Å². The molecular formula is C15H25ClN2O5. The second kappa shape index (κ2) is 10.9. The third kappa shape index (κ3) is 6.13. The summed E-state index contributed by atoms with van der Waals surface area (Å²) in [6.07, 6.45) is -0.0582. The van der Waals surface area contributed by atoms with Gasteiger partial charge in [-0.25, -0.2) is 0 Å². The molecule has 23 heavy (non-hydrogen) atoms. The fourth-order valence-corrected chi connectivity index (χ4v) is 1.98. The molecule has 0 aliphatic rings.